The van der Waals surface area contributed by atoms with Gasteiger partial charge in [-0.05, 0) is 30.2 Å². The second-order valence-electron chi connectivity index (χ2n) is 3.01. The topological polar surface area (TPSA) is 67.2 Å². The van der Waals surface area contributed by atoms with Crippen LogP contribution in [0.4, 0.5) is 0 Å². The Morgan fingerprint density at radius 3 is 2.20 bits per heavy atom. The molecule has 5 nitrogen and oxygen atoms in total. The molecule has 0 N–H and O–H groups in total. The third kappa shape index (κ3) is 2.54. The highest BCUT2D eigenvalue weighted by Crippen LogP contribution is 2.29. The lowest BCUT2D eigenvalue weighted by molar-refractivity contribution is 0.388. The zero-order valence-electron chi connectivity index (χ0n) is 9.02. The van der Waals surface area contributed by atoms with Crippen molar-refractivity contribution in [2.24, 2.45) is 5.11 Å². The van der Waals surface area contributed by atoms with E-state index in [0.717, 1.165) is 22.6 Å². The lowest BCUT2D eigenvalue weighted by atomic mass is 10.1. The van der Waals surface area contributed by atoms with Gasteiger partial charge in [-0.25, -0.2) is 0 Å². The third-order valence-corrected chi connectivity index (χ3v) is 2.13. The molecule has 15 heavy (non-hydrogen) atoms. The number of azide groups is 1. The van der Waals surface area contributed by atoms with Gasteiger partial charge in [-0.15, -0.1) is 0 Å². The van der Waals surface area contributed by atoms with Crippen LogP contribution in [0.1, 0.15) is 11.1 Å². The number of ether oxygens (including phenoxy) is 2. The molecule has 1 aromatic carbocycles. The SMILES string of the molecule is COc1cc(CN=[N+]=[N-])cc(OC)c1C. The van der Waals surface area contributed by atoms with E-state index < -0.39 is 0 Å². The van der Waals surface area contributed by atoms with Crippen LogP contribution in [0.25, 0.3) is 10.4 Å². The van der Waals surface area contributed by atoms with Gasteiger partial charge in [-0.1, -0.05) is 5.11 Å². The Kier molecular flexibility index (Phi) is 3.83. The smallest absolute Gasteiger partial charge is 0.125 e. The van der Waals surface area contributed by atoms with Crippen molar-refractivity contribution in [3.8, 4) is 11.5 Å². The molecule has 0 amide bonds. The molecule has 80 valence electrons. The fraction of sp³-hybridized carbons (Fsp3) is 0.400. The van der Waals surface area contributed by atoms with Crippen molar-refractivity contribution in [1.82, 2.24) is 0 Å². The number of nitrogens with zero attached hydrogens (tertiary/aromatic N) is 3. The molecule has 1 rings (SSSR count). The third-order valence-electron chi connectivity index (χ3n) is 2.13. The number of benzene rings is 1. The van der Waals surface area contributed by atoms with E-state index in [4.69, 9.17) is 15.0 Å². The Bertz CT molecular complexity index is 373. The molecule has 5 heteroatoms. The first-order valence-electron chi connectivity index (χ1n) is 4.45. The molecule has 0 aliphatic rings. The first-order valence-corrected chi connectivity index (χ1v) is 4.45. The van der Waals surface area contributed by atoms with Crippen LogP contribution in [-0.4, -0.2) is 14.2 Å². The van der Waals surface area contributed by atoms with Gasteiger partial charge in [0.2, 0.25) is 0 Å². The first kappa shape index (κ1) is 11.2. The fourth-order valence-corrected chi connectivity index (χ4v) is 1.34. The van der Waals surface area contributed by atoms with E-state index in [0.29, 0.717) is 6.54 Å². The minimum atomic E-state index is 0.295. The van der Waals surface area contributed by atoms with Crippen LogP contribution < -0.4 is 9.47 Å². The molecule has 0 spiro atoms. The van der Waals surface area contributed by atoms with Gasteiger partial charge in [0.1, 0.15) is 11.5 Å². The second-order valence-corrected chi connectivity index (χ2v) is 3.01. The summed E-state index contributed by atoms with van der Waals surface area (Å²) in [6, 6.07) is 3.68. The fourth-order valence-electron chi connectivity index (χ4n) is 1.34. The van der Waals surface area contributed by atoms with Crippen LogP contribution >= 0.6 is 0 Å². The monoisotopic (exact) mass is 207 g/mol. The minimum Gasteiger partial charge on any atom is -0.496 e. The van der Waals surface area contributed by atoms with Crippen molar-refractivity contribution in [3.63, 3.8) is 0 Å². The van der Waals surface area contributed by atoms with Crippen molar-refractivity contribution >= 4 is 0 Å². The Morgan fingerprint density at radius 2 is 1.80 bits per heavy atom. The average molecular weight is 207 g/mol. The molecule has 1 aromatic rings. The molecule has 0 unspecified atom stereocenters. The summed E-state index contributed by atoms with van der Waals surface area (Å²) in [6.07, 6.45) is 0. The predicted molar refractivity (Wildman–Crippen MR) is 57.1 cm³/mol. The van der Waals surface area contributed by atoms with Crippen molar-refractivity contribution in [1.29, 1.82) is 0 Å². The maximum absolute atomic E-state index is 8.23. The van der Waals surface area contributed by atoms with Crippen LogP contribution in [0, 0.1) is 6.92 Å². The Balaban J connectivity index is 3.14. The van der Waals surface area contributed by atoms with E-state index in [2.05, 4.69) is 10.0 Å². The molecule has 0 radical (unpaired) electrons. The lowest BCUT2D eigenvalue weighted by Gasteiger charge is -2.11. The molecule has 0 fully saturated rings. The van der Waals surface area contributed by atoms with Crippen LogP contribution in [0.2, 0.25) is 0 Å². The van der Waals surface area contributed by atoms with Crippen molar-refractivity contribution in [2.75, 3.05) is 14.2 Å². The maximum atomic E-state index is 8.23. The summed E-state index contributed by atoms with van der Waals surface area (Å²) in [5.74, 6) is 1.47. The van der Waals surface area contributed by atoms with Gasteiger partial charge in [0.15, 0.2) is 0 Å². The highest BCUT2D eigenvalue weighted by molar-refractivity contribution is 5.47. The molecule has 0 aromatic heterocycles. The molecule has 0 aliphatic carbocycles. The Hall–Kier alpha value is -1.87. The van der Waals surface area contributed by atoms with E-state index in [1.54, 1.807) is 14.2 Å². The predicted octanol–water partition coefficient (Wildman–Crippen LogP) is 2.82. The largest absolute Gasteiger partial charge is 0.496 e. The van der Waals surface area contributed by atoms with Gasteiger partial charge < -0.3 is 9.47 Å². The maximum Gasteiger partial charge on any atom is 0.125 e. The summed E-state index contributed by atoms with van der Waals surface area (Å²) in [5.41, 5.74) is 10.0. The minimum absolute atomic E-state index is 0.295. The number of methoxy groups -OCH3 is 2. The average Bonchev–Trinajstić information content (AvgIpc) is 2.27. The second kappa shape index (κ2) is 5.12. The zero-order valence-corrected chi connectivity index (χ0v) is 9.02. The van der Waals surface area contributed by atoms with Crippen LogP contribution in [0.5, 0.6) is 11.5 Å². The Morgan fingerprint density at radius 1 is 1.27 bits per heavy atom. The van der Waals surface area contributed by atoms with Gasteiger partial charge in [-0.3, -0.25) is 0 Å². The van der Waals surface area contributed by atoms with Gasteiger partial charge in [0.05, 0.1) is 20.8 Å². The summed E-state index contributed by atoms with van der Waals surface area (Å²) in [4.78, 5) is 2.71. The van der Waals surface area contributed by atoms with Crippen LogP contribution in [0.3, 0.4) is 0 Å². The molecule has 0 saturated heterocycles. The number of rotatable bonds is 4. The lowest BCUT2D eigenvalue weighted by Crippen LogP contribution is -1.94. The summed E-state index contributed by atoms with van der Waals surface area (Å²) in [5, 5.41) is 3.49. The highest BCUT2D eigenvalue weighted by Gasteiger charge is 2.07. The Labute approximate surface area is 88.3 Å². The van der Waals surface area contributed by atoms with Crippen LogP contribution in [-0.2, 0) is 6.54 Å². The van der Waals surface area contributed by atoms with E-state index in [9.17, 15) is 0 Å². The van der Waals surface area contributed by atoms with Gasteiger partial charge in [0.25, 0.3) is 0 Å². The molecular formula is C10H13N3O2. The van der Waals surface area contributed by atoms with Crippen molar-refractivity contribution in [2.45, 2.75) is 13.5 Å². The zero-order chi connectivity index (χ0) is 11.3. The summed E-state index contributed by atoms with van der Waals surface area (Å²) >= 11 is 0. The molecular weight excluding hydrogens is 194 g/mol. The van der Waals surface area contributed by atoms with Gasteiger partial charge >= 0.3 is 0 Å². The number of hydrogen-bond donors (Lipinski definition) is 0. The first-order chi connectivity index (χ1) is 7.22. The normalized spacial score (nSPS) is 9.27. The summed E-state index contributed by atoms with van der Waals surface area (Å²) < 4.78 is 10.4. The van der Waals surface area contributed by atoms with Gasteiger partial charge in [0, 0.05) is 10.5 Å². The molecule has 0 aliphatic heterocycles. The van der Waals surface area contributed by atoms with Gasteiger partial charge in [-0.2, -0.15) is 0 Å². The van der Waals surface area contributed by atoms with Crippen molar-refractivity contribution < 1.29 is 9.47 Å². The molecule has 0 saturated carbocycles. The molecule has 0 heterocycles. The quantitative estimate of drug-likeness (QED) is 0.432. The van der Waals surface area contributed by atoms with E-state index in [-0.39, 0.29) is 0 Å². The molecule has 0 atom stereocenters. The van der Waals surface area contributed by atoms with E-state index in [1.165, 1.54) is 0 Å². The summed E-state index contributed by atoms with van der Waals surface area (Å²) in [7, 11) is 3.19. The summed E-state index contributed by atoms with van der Waals surface area (Å²) in [6.45, 7) is 2.21. The molecule has 0 bridgehead atoms. The van der Waals surface area contributed by atoms with Crippen molar-refractivity contribution in [3.05, 3.63) is 33.7 Å². The standard InChI is InChI=1S/C10H13N3O2/c1-7-9(14-2)4-8(6-12-13-11)5-10(7)15-3/h4-5H,6H2,1-3H3. The van der Waals surface area contributed by atoms with E-state index >= 15 is 0 Å². The highest BCUT2D eigenvalue weighted by atomic mass is 16.5. The number of hydrogen-bond acceptors (Lipinski definition) is 3. The van der Waals surface area contributed by atoms with Crippen LogP contribution in [0.15, 0.2) is 17.2 Å². The van der Waals surface area contributed by atoms with E-state index in [1.807, 2.05) is 19.1 Å².